The second-order valence-corrected chi connectivity index (χ2v) is 11.8. The molecule has 186 valence electrons. The zero-order valence-electron chi connectivity index (χ0n) is 20.6. The van der Waals surface area contributed by atoms with Gasteiger partial charge in [0.05, 0.1) is 17.2 Å². The molecule has 2 heterocycles. The molecule has 1 spiro atoms. The molecule has 2 aliphatic carbocycles. The number of dihydropyridines is 1. The van der Waals surface area contributed by atoms with Crippen molar-refractivity contribution >= 4 is 0 Å². The number of hydrogen-bond acceptors (Lipinski definition) is 2. The smallest absolute Gasteiger partial charge is 0.416 e. The Morgan fingerprint density at radius 1 is 1.03 bits per heavy atom. The van der Waals surface area contributed by atoms with Crippen LogP contribution in [0.4, 0.5) is 13.2 Å². The summed E-state index contributed by atoms with van der Waals surface area (Å²) in [6.07, 6.45) is 1.89. The molecule has 0 bridgehead atoms. The molecule has 3 fully saturated rings. The summed E-state index contributed by atoms with van der Waals surface area (Å²) in [4.78, 5) is 0. The van der Waals surface area contributed by atoms with Crippen molar-refractivity contribution in [1.82, 2.24) is 5.32 Å². The van der Waals surface area contributed by atoms with Crippen molar-refractivity contribution in [2.75, 3.05) is 0 Å². The van der Waals surface area contributed by atoms with E-state index in [0.717, 1.165) is 55.4 Å². The fraction of sp³-hybridized carbons (Fsp3) is 0.643. The first kappa shape index (κ1) is 23.9. The maximum Gasteiger partial charge on any atom is 0.416 e. The summed E-state index contributed by atoms with van der Waals surface area (Å²) < 4.78 is 46.7. The maximum atomic E-state index is 13.2. The minimum Gasteiger partial charge on any atom is -0.440 e. The quantitative estimate of drug-likeness (QED) is 0.491. The fourth-order valence-corrected chi connectivity index (χ4v) is 6.86. The van der Waals surface area contributed by atoms with Crippen LogP contribution in [-0.2, 0) is 10.9 Å². The summed E-state index contributed by atoms with van der Waals surface area (Å²) in [6, 6.07) is 5.62. The molecule has 1 aromatic carbocycles. The van der Waals surface area contributed by atoms with E-state index in [2.05, 4.69) is 33.0 Å². The van der Waals surface area contributed by atoms with Gasteiger partial charge in [-0.25, -0.2) is 0 Å². The predicted molar refractivity (Wildman–Crippen MR) is 127 cm³/mol. The van der Waals surface area contributed by atoms with Gasteiger partial charge in [-0.15, -0.1) is 0 Å². The second kappa shape index (κ2) is 8.12. The number of nitrogens with one attached hydrogen (secondary N) is 1. The number of benzene rings is 1. The molecule has 34 heavy (non-hydrogen) atoms. The maximum absolute atomic E-state index is 13.2. The Kier molecular flexibility index (Phi) is 5.72. The molecule has 0 radical (unpaired) electrons. The van der Waals surface area contributed by atoms with Crippen LogP contribution in [0.5, 0.6) is 0 Å². The molecule has 0 amide bonds. The lowest BCUT2D eigenvalue weighted by Crippen LogP contribution is -2.50. The molecule has 5 rings (SSSR count). The highest BCUT2D eigenvalue weighted by molar-refractivity contribution is 5.58. The van der Waals surface area contributed by atoms with Gasteiger partial charge in [-0.3, -0.25) is 0 Å². The molecule has 1 aromatic rings. The molecule has 3 N–H and O–H groups in total. The Bertz CT molecular complexity index is 1010. The first-order valence-corrected chi connectivity index (χ1v) is 12.7. The number of halogens is 3. The number of rotatable bonds is 2. The molecule has 3 atom stereocenters. The molecule has 2 aliphatic heterocycles. The van der Waals surface area contributed by atoms with E-state index in [1.54, 1.807) is 12.1 Å². The molecule has 6 heteroatoms. The van der Waals surface area contributed by atoms with Crippen LogP contribution in [0.15, 0.2) is 46.7 Å². The third-order valence-electron chi connectivity index (χ3n) is 8.28. The van der Waals surface area contributed by atoms with Crippen molar-refractivity contribution in [3.63, 3.8) is 0 Å². The zero-order chi connectivity index (χ0) is 24.5. The molecular formula is C28H37F3NO2+. The lowest BCUT2D eigenvalue weighted by Gasteiger charge is -2.45. The van der Waals surface area contributed by atoms with Crippen LogP contribution in [0.2, 0.25) is 0 Å². The summed E-state index contributed by atoms with van der Waals surface area (Å²) in [7, 11) is 0. The Morgan fingerprint density at radius 2 is 1.68 bits per heavy atom. The van der Waals surface area contributed by atoms with E-state index in [1.807, 2.05) is 0 Å². The van der Waals surface area contributed by atoms with Gasteiger partial charge < -0.3 is 15.2 Å². The highest BCUT2D eigenvalue weighted by atomic mass is 19.4. The SMILES string of the molecule is CC(C)C1=C2C(=C3C(CC(C)(C)C[C@@H]3[OH2+])N1)C1(CCCCC1)OC2c1ccc(C(F)(F)F)cc1. The zero-order valence-corrected chi connectivity index (χ0v) is 20.6. The van der Waals surface area contributed by atoms with Crippen LogP contribution in [-0.4, -0.2) is 22.9 Å². The Hall–Kier alpha value is -1.79. The first-order chi connectivity index (χ1) is 15.9. The number of alkyl halides is 3. The van der Waals surface area contributed by atoms with Gasteiger partial charge in [-0.05, 0) is 48.3 Å². The second-order valence-electron chi connectivity index (χ2n) is 11.8. The highest BCUT2D eigenvalue weighted by Gasteiger charge is 2.56. The van der Waals surface area contributed by atoms with Crippen LogP contribution >= 0.6 is 0 Å². The third kappa shape index (κ3) is 3.91. The summed E-state index contributed by atoms with van der Waals surface area (Å²) >= 11 is 0. The molecule has 1 saturated heterocycles. The van der Waals surface area contributed by atoms with E-state index < -0.39 is 23.4 Å². The van der Waals surface area contributed by atoms with Crippen molar-refractivity contribution in [3.05, 3.63) is 57.8 Å². The molecule has 2 unspecified atom stereocenters. The lowest BCUT2D eigenvalue weighted by atomic mass is 9.64. The van der Waals surface area contributed by atoms with Crippen molar-refractivity contribution in [2.45, 2.75) is 103 Å². The molecular weight excluding hydrogens is 439 g/mol. The standard InChI is InChI=1S/C28H36F3NO2/c1-16(2)24-22-23(21-19(32-24)14-26(3,4)15-20(21)33)27(12-6-5-7-13-27)34-25(22)17-8-10-18(11-9-17)28(29,30)31/h8-11,16,19-20,25,32-33H,5-7,12-15H2,1-4H3/p+1/t19?,20-,25?/m0/s1. The van der Waals surface area contributed by atoms with E-state index >= 15 is 0 Å². The molecule has 3 nitrogen and oxygen atoms in total. The van der Waals surface area contributed by atoms with Gasteiger partial charge in [0, 0.05) is 28.8 Å². The van der Waals surface area contributed by atoms with E-state index in [-0.39, 0.29) is 23.5 Å². The molecule has 0 aromatic heterocycles. The Labute approximate surface area is 200 Å². The van der Waals surface area contributed by atoms with Crippen LogP contribution in [0.1, 0.15) is 89.9 Å². The largest absolute Gasteiger partial charge is 0.440 e. The van der Waals surface area contributed by atoms with Gasteiger partial charge in [0.1, 0.15) is 6.10 Å². The number of hydrogen-bond donors (Lipinski definition) is 1. The Morgan fingerprint density at radius 3 is 2.26 bits per heavy atom. The summed E-state index contributed by atoms with van der Waals surface area (Å²) in [5.41, 5.74) is 4.41. The number of allylic oxidation sites excluding steroid dienone is 1. The van der Waals surface area contributed by atoms with Crippen molar-refractivity contribution in [3.8, 4) is 0 Å². The van der Waals surface area contributed by atoms with Gasteiger partial charge in [-0.2, -0.15) is 13.2 Å². The van der Waals surface area contributed by atoms with Gasteiger partial charge in [0.25, 0.3) is 0 Å². The van der Waals surface area contributed by atoms with Crippen LogP contribution < -0.4 is 5.32 Å². The van der Waals surface area contributed by atoms with E-state index in [0.29, 0.717) is 0 Å². The predicted octanol–water partition coefficient (Wildman–Crippen LogP) is 6.57. The minimum absolute atomic E-state index is 0.0831. The van der Waals surface area contributed by atoms with Gasteiger partial charge >= 0.3 is 6.18 Å². The molecule has 4 aliphatic rings. The Balaban J connectivity index is 1.69. The van der Waals surface area contributed by atoms with Crippen LogP contribution in [0, 0.1) is 11.3 Å². The van der Waals surface area contributed by atoms with Crippen LogP contribution in [0.3, 0.4) is 0 Å². The first-order valence-electron chi connectivity index (χ1n) is 12.7. The third-order valence-corrected chi connectivity index (χ3v) is 8.28. The monoisotopic (exact) mass is 476 g/mol. The van der Waals surface area contributed by atoms with Crippen molar-refractivity contribution in [2.24, 2.45) is 11.3 Å². The van der Waals surface area contributed by atoms with Gasteiger partial charge in [0.15, 0.2) is 6.10 Å². The summed E-state index contributed by atoms with van der Waals surface area (Å²) in [5.74, 6) is 0.222. The van der Waals surface area contributed by atoms with Crippen molar-refractivity contribution in [1.29, 1.82) is 0 Å². The lowest BCUT2D eigenvalue weighted by molar-refractivity contribution is -0.137. The minimum atomic E-state index is -4.36. The topological polar surface area (TPSA) is 44.2 Å². The summed E-state index contributed by atoms with van der Waals surface area (Å²) in [6.45, 7) is 8.83. The molecule has 2 saturated carbocycles. The fourth-order valence-electron chi connectivity index (χ4n) is 6.86. The van der Waals surface area contributed by atoms with Crippen LogP contribution in [0.25, 0.3) is 0 Å². The van der Waals surface area contributed by atoms with Gasteiger partial charge in [-0.1, -0.05) is 59.1 Å². The normalized spacial score (nSPS) is 30.4. The van der Waals surface area contributed by atoms with E-state index in [1.165, 1.54) is 29.7 Å². The van der Waals surface area contributed by atoms with E-state index in [9.17, 15) is 13.2 Å². The van der Waals surface area contributed by atoms with Crippen molar-refractivity contribution < 1.29 is 23.0 Å². The average molecular weight is 477 g/mol. The highest BCUT2D eigenvalue weighted by Crippen LogP contribution is 2.59. The number of fused-ring (bicyclic) bond motifs is 3. The summed E-state index contributed by atoms with van der Waals surface area (Å²) in [5, 5.41) is 13.0. The van der Waals surface area contributed by atoms with Gasteiger partial charge in [0.2, 0.25) is 0 Å². The van der Waals surface area contributed by atoms with E-state index in [4.69, 9.17) is 9.84 Å². The average Bonchev–Trinajstić information content (AvgIpc) is 3.06. The number of ether oxygens (including phenoxy) is 1.